The third kappa shape index (κ3) is 4.32. The van der Waals surface area contributed by atoms with E-state index in [2.05, 4.69) is 14.7 Å². The van der Waals surface area contributed by atoms with Crippen molar-refractivity contribution in [3.05, 3.63) is 77.7 Å². The van der Waals surface area contributed by atoms with Crippen LogP contribution in [0.25, 0.3) is 10.8 Å². The fourth-order valence-corrected chi connectivity index (χ4v) is 4.78. The van der Waals surface area contributed by atoms with Crippen LogP contribution >= 0.6 is 11.6 Å². The predicted molar refractivity (Wildman–Crippen MR) is 127 cm³/mol. The van der Waals surface area contributed by atoms with Crippen LogP contribution in [0.15, 0.2) is 71.9 Å². The van der Waals surface area contributed by atoms with Gasteiger partial charge in [0.15, 0.2) is 5.75 Å². The standard InChI is InChI=1S/C23H21ClN4O3S/c1-15-21(10-6-12-25-15)31-23-19(13-16(24)14-26-23)27-32(29,30)22-11-5-7-17-18(22)8-4-9-20(17)28(2)3/h4-14,27H,1-3H3. The Morgan fingerprint density at radius 3 is 2.50 bits per heavy atom. The molecule has 0 unspecified atom stereocenters. The molecule has 164 valence electrons. The van der Waals surface area contributed by atoms with E-state index in [0.717, 1.165) is 11.1 Å². The van der Waals surface area contributed by atoms with E-state index >= 15 is 0 Å². The van der Waals surface area contributed by atoms with Crippen LogP contribution in [0.5, 0.6) is 11.6 Å². The maximum Gasteiger partial charge on any atom is 0.262 e. The van der Waals surface area contributed by atoms with Crippen molar-refractivity contribution in [1.82, 2.24) is 9.97 Å². The van der Waals surface area contributed by atoms with Gasteiger partial charge in [0.05, 0.1) is 15.6 Å². The first-order valence-electron chi connectivity index (χ1n) is 9.73. The van der Waals surface area contributed by atoms with E-state index in [0.29, 0.717) is 16.8 Å². The smallest absolute Gasteiger partial charge is 0.262 e. The van der Waals surface area contributed by atoms with Crippen LogP contribution in [-0.2, 0) is 10.0 Å². The van der Waals surface area contributed by atoms with Gasteiger partial charge >= 0.3 is 0 Å². The Balaban J connectivity index is 1.77. The lowest BCUT2D eigenvalue weighted by atomic mass is 10.1. The van der Waals surface area contributed by atoms with Gasteiger partial charge in [0.25, 0.3) is 10.0 Å². The molecule has 0 bridgehead atoms. The molecule has 9 heteroatoms. The molecular formula is C23H21ClN4O3S. The predicted octanol–water partition coefficient (Wildman–Crippen LogP) is 5.25. The van der Waals surface area contributed by atoms with Gasteiger partial charge in [-0.3, -0.25) is 9.71 Å². The molecular weight excluding hydrogens is 448 g/mol. The van der Waals surface area contributed by atoms with E-state index < -0.39 is 10.0 Å². The molecule has 0 saturated carbocycles. The minimum absolute atomic E-state index is 0.0725. The van der Waals surface area contributed by atoms with Crippen LogP contribution in [-0.4, -0.2) is 32.5 Å². The molecule has 2 aromatic carbocycles. The average molecular weight is 469 g/mol. The quantitative estimate of drug-likeness (QED) is 0.416. The maximum absolute atomic E-state index is 13.4. The van der Waals surface area contributed by atoms with Gasteiger partial charge in [0.1, 0.15) is 5.69 Å². The van der Waals surface area contributed by atoms with Crippen molar-refractivity contribution >= 4 is 43.8 Å². The normalized spacial score (nSPS) is 11.4. The van der Waals surface area contributed by atoms with E-state index in [1.54, 1.807) is 43.5 Å². The Labute approximate surface area is 191 Å². The van der Waals surface area contributed by atoms with Gasteiger partial charge in [0.2, 0.25) is 5.88 Å². The highest BCUT2D eigenvalue weighted by molar-refractivity contribution is 7.93. The molecule has 32 heavy (non-hydrogen) atoms. The molecule has 1 N–H and O–H groups in total. The molecule has 0 fully saturated rings. The number of pyridine rings is 2. The SMILES string of the molecule is Cc1ncccc1Oc1ncc(Cl)cc1NS(=O)(=O)c1cccc2c(N(C)C)cccc12. The van der Waals surface area contributed by atoms with Gasteiger partial charge in [-0.05, 0) is 37.3 Å². The van der Waals surface area contributed by atoms with Gasteiger partial charge < -0.3 is 9.64 Å². The number of hydrogen-bond acceptors (Lipinski definition) is 6. The van der Waals surface area contributed by atoms with Crippen LogP contribution < -0.4 is 14.4 Å². The summed E-state index contributed by atoms with van der Waals surface area (Å²) in [7, 11) is -0.162. The lowest BCUT2D eigenvalue weighted by Crippen LogP contribution is -2.15. The van der Waals surface area contributed by atoms with E-state index in [4.69, 9.17) is 16.3 Å². The number of ether oxygens (including phenoxy) is 1. The number of nitrogens with zero attached hydrogens (tertiary/aromatic N) is 3. The monoisotopic (exact) mass is 468 g/mol. The molecule has 4 aromatic rings. The summed E-state index contributed by atoms with van der Waals surface area (Å²) in [5.41, 5.74) is 1.69. The van der Waals surface area contributed by atoms with Crippen LogP contribution in [0.1, 0.15) is 5.69 Å². The fourth-order valence-electron chi connectivity index (χ4n) is 3.35. The molecule has 4 rings (SSSR count). The summed E-state index contributed by atoms with van der Waals surface area (Å²) < 4.78 is 35.3. The maximum atomic E-state index is 13.4. The number of halogens is 1. The summed E-state index contributed by atoms with van der Waals surface area (Å²) in [6.45, 7) is 1.79. The number of nitrogens with one attached hydrogen (secondary N) is 1. The fraction of sp³-hybridized carbons (Fsp3) is 0.130. The second-order valence-corrected chi connectivity index (χ2v) is 9.41. The lowest BCUT2D eigenvalue weighted by Gasteiger charge is -2.18. The van der Waals surface area contributed by atoms with Crippen LogP contribution in [0.4, 0.5) is 11.4 Å². The molecule has 0 radical (unpaired) electrons. The Morgan fingerprint density at radius 2 is 1.75 bits per heavy atom. The Kier molecular flexibility index (Phi) is 5.90. The number of hydrogen-bond donors (Lipinski definition) is 1. The molecule has 0 aliphatic heterocycles. The molecule has 7 nitrogen and oxygen atoms in total. The van der Waals surface area contributed by atoms with Crippen molar-refractivity contribution in [3.8, 4) is 11.6 Å². The zero-order valence-corrected chi connectivity index (χ0v) is 19.3. The molecule has 0 amide bonds. The number of aromatic nitrogens is 2. The van der Waals surface area contributed by atoms with Crippen molar-refractivity contribution in [1.29, 1.82) is 0 Å². The first-order valence-corrected chi connectivity index (χ1v) is 11.6. The highest BCUT2D eigenvalue weighted by Crippen LogP contribution is 2.34. The molecule has 0 aliphatic rings. The molecule has 2 heterocycles. The molecule has 0 aliphatic carbocycles. The Hall–Kier alpha value is -3.36. The van der Waals surface area contributed by atoms with Gasteiger partial charge in [0, 0.05) is 42.9 Å². The number of anilines is 2. The molecule has 0 atom stereocenters. The number of rotatable bonds is 6. The number of benzene rings is 2. The van der Waals surface area contributed by atoms with Crippen LogP contribution in [0, 0.1) is 6.92 Å². The summed E-state index contributed by atoms with van der Waals surface area (Å²) >= 11 is 6.11. The van der Waals surface area contributed by atoms with Crippen molar-refractivity contribution in [2.45, 2.75) is 11.8 Å². The lowest BCUT2D eigenvalue weighted by molar-refractivity contribution is 0.459. The first kappa shape index (κ1) is 21.9. The van der Waals surface area contributed by atoms with E-state index in [9.17, 15) is 8.42 Å². The first-order chi connectivity index (χ1) is 15.3. The van der Waals surface area contributed by atoms with E-state index in [-0.39, 0.29) is 21.5 Å². The van der Waals surface area contributed by atoms with Gasteiger partial charge in [-0.25, -0.2) is 13.4 Å². The molecule has 0 saturated heterocycles. The zero-order chi connectivity index (χ0) is 22.9. The van der Waals surface area contributed by atoms with E-state index in [1.165, 1.54) is 12.3 Å². The van der Waals surface area contributed by atoms with Crippen molar-refractivity contribution in [2.24, 2.45) is 0 Å². The summed E-state index contributed by atoms with van der Waals surface area (Å²) in [6.07, 6.45) is 3.03. The average Bonchev–Trinajstić information content (AvgIpc) is 2.75. The zero-order valence-electron chi connectivity index (χ0n) is 17.7. The topological polar surface area (TPSA) is 84.4 Å². The number of sulfonamides is 1. The summed E-state index contributed by atoms with van der Waals surface area (Å²) in [4.78, 5) is 10.4. The van der Waals surface area contributed by atoms with Crippen LogP contribution in [0.3, 0.4) is 0 Å². The van der Waals surface area contributed by atoms with E-state index in [1.807, 2.05) is 37.2 Å². The van der Waals surface area contributed by atoms with Crippen molar-refractivity contribution < 1.29 is 13.2 Å². The summed E-state index contributed by atoms with van der Waals surface area (Å²) in [5, 5.41) is 1.70. The largest absolute Gasteiger partial charge is 0.435 e. The molecule has 0 spiro atoms. The summed E-state index contributed by atoms with van der Waals surface area (Å²) in [6, 6.07) is 15.6. The third-order valence-electron chi connectivity index (χ3n) is 4.86. The van der Waals surface area contributed by atoms with Gasteiger partial charge in [-0.2, -0.15) is 0 Å². The Bertz CT molecular complexity index is 1410. The summed E-state index contributed by atoms with van der Waals surface area (Å²) in [5.74, 6) is 0.534. The van der Waals surface area contributed by atoms with Gasteiger partial charge in [-0.15, -0.1) is 0 Å². The molecule has 2 aromatic heterocycles. The minimum atomic E-state index is -3.99. The number of fused-ring (bicyclic) bond motifs is 1. The highest BCUT2D eigenvalue weighted by Gasteiger charge is 2.22. The Morgan fingerprint density at radius 1 is 1.00 bits per heavy atom. The minimum Gasteiger partial charge on any atom is -0.435 e. The van der Waals surface area contributed by atoms with Gasteiger partial charge in [-0.1, -0.05) is 35.9 Å². The second kappa shape index (κ2) is 8.64. The number of aryl methyl sites for hydroxylation is 1. The second-order valence-electron chi connectivity index (χ2n) is 7.32. The third-order valence-corrected chi connectivity index (χ3v) is 6.49. The van der Waals surface area contributed by atoms with Crippen LogP contribution in [0.2, 0.25) is 5.02 Å². The highest BCUT2D eigenvalue weighted by atomic mass is 35.5. The van der Waals surface area contributed by atoms with Crippen molar-refractivity contribution in [2.75, 3.05) is 23.7 Å². The van der Waals surface area contributed by atoms with Crippen molar-refractivity contribution in [3.63, 3.8) is 0 Å².